The van der Waals surface area contributed by atoms with E-state index in [1.54, 1.807) is 12.3 Å². The van der Waals surface area contributed by atoms with Crippen LogP contribution in [0.5, 0.6) is 11.5 Å². The van der Waals surface area contributed by atoms with Gasteiger partial charge in [-0.25, -0.2) is 0 Å². The van der Waals surface area contributed by atoms with Crippen molar-refractivity contribution in [1.82, 2.24) is 15.2 Å². The van der Waals surface area contributed by atoms with Crippen LogP contribution in [0.2, 0.25) is 5.02 Å². The molecule has 7 nitrogen and oxygen atoms in total. The van der Waals surface area contributed by atoms with E-state index in [0.717, 1.165) is 22.7 Å². The standard InChI is InChI=1S/C17H14ClN5O2/c18-12-3-1-2-4-13(12)21-17-22-16(9-20-23-17)19-8-11-5-6-14-15(7-11)25-10-24-14/h1-7,9H,8,10H2,(H2,19,21,22,23). The van der Waals surface area contributed by atoms with Gasteiger partial charge in [0.25, 0.3) is 0 Å². The van der Waals surface area contributed by atoms with Crippen molar-refractivity contribution in [3.05, 3.63) is 59.2 Å². The minimum atomic E-state index is 0.263. The van der Waals surface area contributed by atoms with E-state index in [1.165, 1.54) is 0 Å². The summed E-state index contributed by atoms with van der Waals surface area (Å²) >= 11 is 6.13. The second-order valence-electron chi connectivity index (χ2n) is 5.31. The Morgan fingerprint density at radius 1 is 1.08 bits per heavy atom. The molecule has 126 valence electrons. The predicted molar refractivity (Wildman–Crippen MR) is 94.5 cm³/mol. The van der Waals surface area contributed by atoms with Gasteiger partial charge in [-0.3, -0.25) is 0 Å². The molecular weight excluding hydrogens is 342 g/mol. The molecule has 0 fully saturated rings. The van der Waals surface area contributed by atoms with Gasteiger partial charge in [0.15, 0.2) is 17.3 Å². The quantitative estimate of drug-likeness (QED) is 0.723. The van der Waals surface area contributed by atoms with E-state index in [2.05, 4.69) is 25.8 Å². The van der Waals surface area contributed by atoms with Crippen molar-refractivity contribution in [3.63, 3.8) is 0 Å². The number of anilines is 3. The molecule has 0 bridgehead atoms. The number of halogens is 1. The van der Waals surface area contributed by atoms with Crippen molar-refractivity contribution < 1.29 is 9.47 Å². The van der Waals surface area contributed by atoms with Crippen LogP contribution in [0.4, 0.5) is 17.5 Å². The molecule has 1 aliphatic heterocycles. The van der Waals surface area contributed by atoms with E-state index in [4.69, 9.17) is 21.1 Å². The SMILES string of the molecule is Clc1ccccc1Nc1nncc(NCc2ccc3c(c2)OCO3)n1. The summed E-state index contributed by atoms with van der Waals surface area (Å²) in [5.74, 6) is 2.48. The first kappa shape index (κ1) is 15.5. The van der Waals surface area contributed by atoms with Crippen LogP contribution >= 0.6 is 11.6 Å². The van der Waals surface area contributed by atoms with Crippen molar-refractivity contribution in [2.45, 2.75) is 6.54 Å². The highest BCUT2D eigenvalue weighted by Gasteiger charge is 2.13. The van der Waals surface area contributed by atoms with E-state index in [-0.39, 0.29) is 6.79 Å². The smallest absolute Gasteiger partial charge is 0.249 e. The Bertz CT molecular complexity index is 906. The van der Waals surface area contributed by atoms with Crippen LogP contribution in [0.25, 0.3) is 0 Å². The minimum Gasteiger partial charge on any atom is -0.454 e. The van der Waals surface area contributed by atoms with Crippen LogP contribution in [0, 0.1) is 0 Å². The van der Waals surface area contributed by atoms with Gasteiger partial charge in [0, 0.05) is 6.54 Å². The predicted octanol–water partition coefficient (Wildman–Crippen LogP) is 3.61. The van der Waals surface area contributed by atoms with Crippen molar-refractivity contribution in [3.8, 4) is 11.5 Å². The maximum Gasteiger partial charge on any atom is 0.249 e. The first-order chi connectivity index (χ1) is 12.3. The Morgan fingerprint density at radius 2 is 1.96 bits per heavy atom. The molecule has 1 aromatic heterocycles. The molecule has 4 rings (SSSR count). The average Bonchev–Trinajstić information content (AvgIpc) is 3.10. The highest BCUT2D eigenvalue weighted by Crippen LogP contribution is 2.32. The lowest BCUT2D eigenvalue weighted by Gasteiger charge is -2.09. The monoisotopic (exact) mass is 355 g/mol. The molecule has 0 spiro atoms. The Labute approximate surface area is 149 Å². The molecule has 0 saturated carbocycles. The Morgan fingerprint density at radius 3 is 2.88 bits per heavy atom. The first-order valence-corrected chi connectivity index (χ1v) is 7.99. The van der Waals surface area contributed by atoms with Crippen molar-refractivity contribution in [1.29, 1.82) is 0 Å². The number of hydrogen-bond donors (Lipinski definition) is 2. The Kier molecular flexibility index (Phi) is 4.22. The third-order valence-corrected chi connectivity index (χ3v) is 3.92. The van der Waals surface area contributed by atoms with Gasteiger partial charge in [-0.15, -0.1) is 5.10 Å². The fourth-order valence-electron chi connectivity index (χ4n) is 2.37. The van der Waals surface area contributed by atoms with Gasteiger partial charge in [0.05, 0.1) is 16.9 Å². The zero-order valence-corrected chi connectivity index (χ0v) is 13.8. The summed E-state index contributed by atoms with van der Waals surface area (Å²) < 4.78 is 10.7. The highest BCUT2D eigenvalue weighted by molar-refractivity contribution is 6.33. The van der Waals surface area contributed by atoms with Gasteiger partial charge in [-0.2, -0.15) is 10.1 Å². The molecule has 1 aliphatic rings. The number of para-hydroxylation sites is 1. The number of benzene rings is 2. The first-order valence-electron chi connectivity index (χ1n) is 7.61. The van der Waals surface area contributed by atoms with Gasteiger partial charge in [-0.1, -0.05) is 29.8 Å². The molecule has 0 atom stereocenters. The van der Waals surface area contributed by atoms with E-state index in [9.17, 15) is 0 Å². The second kappa shape index (κ2) is 6.82. The number of ether oxygens (including phenoxy) is 2. The molecule has 2 aromatic carbocycles. The van der Waals surface area contributed by atoms with Crippen LogP contribution in [0.15, 0.2) is 48.7 Å². The topological polar surface area (TPSA) is 81.2 Å². The summed E-state index contributed by atoms with van der Waals surface area (Å²) in [6.45, 7) is 0.833. The summed E-state index contributed by atoms with van der Waals surface area (Å²) in [5, 5.41) is 14.8. The summed E-state index contributed by atoms with van der Waals surface area (Å²) in [4.78, 5) is 4.39. The third-order valence-electron chi connectivity index (χ3n) is 3.59. The Balaban J connectivity index is 1.44. The van der Waals surface area contributed by atoms with Crippen molar-refractivity contribution >= 4 is 29.1 Å². The lowest BCUT2D eigenvalue weighted by Crippen LogP contribution is -2.05. The fourth-order valence-corrected chi connectivity index (χ4v) is 2.55. The van der Waals surface area contributed by atoms with E-state index in [0.29, 0.717) is 23.3 Å². The van der Waals surface area contributed by atoms with Crippen molar-refractivity contribution in [2.24, 2.45) is 0 Å². The van der Waals surface area contributed by atoms with Crippen LogP contribution in [-0.2, 0) is 6.54 Å². The number of fused-ring (bicyclic) bond motifs is 1. The number of aromatic nitrogens is 3. The Hall–Kier alpha value is -3.06. The normalized spacial score (nSPS) is 12.0. The summed E-state index contributed by atoms with van der Waals surface area (Å²) in [5.41, 5.74) is 1.77. The van der Waals surface area contributed by atoms with Gasteiger partial charge in [-0.05, 0) is 29.8 Å². The number of hydrogen-bond acceptors (Lipinski definition) is 7. The molecule has 0 saturated heterocycles. The average molecular weight is 356 g/mol. The van der Waals surface area contributed by atoms with Gasteiger partial charge in [0.2, 0.25) is 12.7 Å². The lowest BCUT2D eigenvalue weighted by atomic mass is 10.2. The number of nitrogens with zero attached hydrogens (tertiary/aromatic N) is 3. The third kappa shape index (κ3) is 3.56. The molecule has 8 heteroatoms. The zero-order valence-electron chi connectivity index (χ0n) is 13.1. The van der Waals surface area contributed by atoms with Crippen LogP contribution in [0.3, 0.4) is 0 Å². The molecular formula is C17H14ClN5O2. The lowest BCUT2D eigenvalue weighted by molar-refractivity contribution is 0.174. The largest absolute Gasteiger partial charge is 0.454 e. The zero-order chi connectivity index (χ0) is 17.1. The summed E-state index contributed by atoms with van der Waals surface area (Å²) in [7, 11) is 0. The van der Waals surface area contributed by atoms with Gasteiger partial charge < -0.3 is 20.1 Å². The summed E-state index contributed by atoms with van der Waals surface area (Å²) in [6.07, 6.45) is 1.56. The molecule has 2 heterocycles. The second-order valence-corrected chi connectivity index (χ2v) is 5.72. The summed E-state index contributed by atoms with van der Waals surface area (Å²) in [6, 6.07) is 13.2. The van der Waals surface area contributed by atoms with E-state index in [1.807, 2.05) is 36.4 Å². The molecule has 2 N–H and O–H groups in total. The molecule has 0 unspecified atom stereocenters. The van der Waals surface area contributed by atoms with Gasteiger partial charge >= 0.3 is 0 Å². The molecule has 0 aliphatic carbocycles. The van der Waals surface area contributed by atoms with Gasteiger partial charge in [0.1, 0.15) is 0 Å². The maximum atomic E-state index is 6.13. The van der Waals surface area contributed by atoms with Crippen LogP contribution in [0.1, 0.15) is 5.56 Å². The van der Waals surface area contributed by atoms with E-state index >= 15 is 0 Å². The fraction of sp³-hybridized carbons (Fsp3) is 0.118. The molecule has 25 heavy (non-hydrogen) atoms. The molecule has 0 amide bonds. The van der Waals surface area contributed by atoms with Crippen LogP contribution in [-0.4, -0.2) is 22.0 Å². The minimum absolute atomic E-state index is 0.263. The number of rotatable bonds is 5. The van der Waals surface area contributed by atoms with Crippen molar-refractivity contribution in [2.75, 3.05) is 17.4 Å². The maximum absolute atomic E-state index is 6.13. The number of nitrogens with one attached hydrogen (secondary N) is 2. The molecule has 0 radical (unpaired) electrons. The highest BCUT2D eigenvalue weighted by atomic mass is 35.5. The van der Waals surface area contributed by atoms with Crippen LogP contribution < -0.4 is 20.1 Å². The molecule has 3 aromatic rings. The van der Waals surface area contributed by atoms with E-state index < -0.39 is 0 Å².